The largest absolute Gasteiger partial charge is 0.461 e. The van der Waals surface area contributed by atoms with Gasteiger partial charge in [0.05, 0.1) is 18.3 Å². The first-order valence-corrected chi connectivity index (χ1v) is 8.34. The van der Waals surface area contributed by atoms with Crippen molar-refractivity contribution in [3.05, 3.63) is 58.9 Å². The van der Waals surface area contributed by atoms with E-state index in [1.54, 1.807) is 13.1 Å². The van der Waals surface area contributed by atoms with E-state index in [9.17, 15) is 4.79 Å². The second-order valence-corrected chi connectivity index (χ2v) is 6.28. The molecule has 0 aliphatic carbocycles. The second kappa shape index (κ2) is 6.55. The third-order valence-electron chi connectivity index (χ3n) is 4.43. The summed E-state index contributed by atoms with van der Waals surface area (Å²) in [7, 11) is 0. The molecule has 2 aromatic heterocycles. The van der Waals surface area contributed by atoms with Gasteiger partial charge in [0.2, 0.25) is 0 Å². The summed E-state index contributed by atoms with van der Waals surface area (Å²) in [6.07, 6.45) is 3.81. The lowest BCUT2D eigenvalue weighted by molar-refractivity contribution is 0.0519. The quantitative estimate of drug-likeness (QED) is 0.528. The Bertz CT molecular complexity index is 1030. The van der Waals surface area contributed by atoms with Crippen molar-refractivity contribution in [2.45, 2.75) is 27.7 Å². The fourth-order valence-corrected chi connectivity index (χ4v) is 2.94. The molecule has 0 amide bonds. The Balaban J connectivity index is 2.23. The summed E-state index contributed by atoms with van der Waals surface area (Å²) in [4.78, 5) is 19.8. The van der Waals surface area contributed by atoms with Crippen molar-refractivity contribution in [3.63, 3.8) is 0 Å². The van der Waals surface area contributed by atoms with Gasteiger partial charge in [-0.15, -0.1) is 0 Å². The molecule has 0 aliphatic rings. The lowest BCUT2D eigenvalue weighted by Gasteiger charge is -2.06. The Morgan fingerprint density at radius 1 is 1.32 bits per heavy atom. The number of benzene rings is 1. The van der Waals surface area contributed by atoms with Crippen molar-refractivity contribution in [2.24, 2.45) is 0 Å². The minimum absolute atomic E-state index is 0.334. The van der Waals surface area contributed by atoms with Gasteiger partial charge in [-0.25, -0.2) is 9.78 Å². The van der Waals surface area contributed by atoms with Crippen LogP contribution in [0.15, 0.2) is 42.1 Å². The number of fused-ring (bicyclic) bond motifs is 3. The van der Waals surface area contributed by atoms with Gasteiger partial charge in [-0.2, -0.15) is 0 Å². The molecule has 1 aromatic carbocycles. The monoisotopic (exact) mass is 334 g/mol. The number of nitrogens with one attached hydrogen (secondary N) is 1. The maximum atomic E-state index is 12.1. The van der Waals surface area contributed by atoms with E-state index in [1.807, 2.05) is 13.8 Å². The Morgan fingerprint density at radius 3 is 2.76 bits per heavy atom. The number of pyridine rings is 1. The van der Waals surface area contributed by atoms with Crippen molar-refractivity contribution in [3.8, 4) is 0 Å². The van der Waals surface area contributed by atoms with E-state index in [4.69, 9.17) is 4.74 Å². The molecule has 0 saturated heterocycles. The van der Waals surface area contributed by atoms with Gasteiger partial charge in [0.1, 0.15) is 0 Å². The van der Waals surface area contributed by atoms with Crippen LogP contribution in [-0.2, 0) is 4.74 Å². The van der Waals surface area contributed by atoms with Crippen LogP contribution in [-0.4, -0.2) is 22.5 Å². The molecule has 25 heavy (non-hydrogen) atoms. The van der Waals surface area contributed by atoms with Gasteiger partial charge in [-0.3, -0.25) is 0 Å². The highest BCUT2D eigenvalue weighted by Gasteiger charge is 2.17. The van der Waals surface area contributed by atoms with E-state index in [1.165, 1.54) is 0 Å². The molecule has 0 fully saturated rings. The van der Waals surface area contributed by atoms with Crippen molar-refractivity contribution in [2.75, 3.05) is 6.61 Å². The number of H-pyrrole nitrogens is 1. The molecular weight excluding hydrogens is 312 g/mol. The summed E-state index contributed by atoms with van der Waals surface area (Å²) >= 11 is 0. The molecule has 0 atom stereocenters. The maximum Gasteiger partial charge on any atom is 0.357 e. The van der Waals surface area contributed by atoms with Gasteiger partial charge in [-0.05, 0) is 56.5 Å². The normalized spacial score (nSPS) is 11.9. The van der Waals surface area contributed by atoms with E-state index in [0.29, 0.717) is 12.3 Å². The minimum Gasteiger partial charge on any atom is -0.461 e. The van der Waals surface area contributed by atoms with Crippen LogP contribution in [0.5, 0.6) is 0 Å². The highest BCUT2D eigenvalue weighted by atomic mass is 16.5. The summed E-state index contributed by atoms with van der Waals surface area (Å²) < 4.78 is 5.12. The van der Waals surface area contributed by atoms with Gasteiger partial charge in [0, 0.05) is 16.3 Å². The average molecular weight is 334 g/mol. The Kier molecular flexibility index (Phi) is 4.45. The molecule has 0 saturated carbocycles. The number of allylic oxidation sites excluding steroid dienone is 2. The van der Waals surface area contributed by atoms with Gasteiger partial charge in [0.15, 0.2) is 5.69 Å². The van der Waals surface area contributed by atoms with Crippen LogP contribution in [0, 0.1) is 6.92 Å². The third kappa shape index (κ3) is 3.07. The first-order chi connectivity index (χ1) is 11.9. The molecule has 128 valence electrons. The van der Waals surface area contributed by atoms with Gasteiger partial charge < -0.3 is 9.72 Å². The lowest BCUT2D eigenvalue weighted by atomic mass is 10.0. The Hall–Kier alpha value is -2.88. The van der Waals surface area contributed by atoms with Crippen LogP contribution in [0.3, 0.4) is 0 Å². The number of esters is 1. The number of hydrogen-bond donors (Lipinski definition) is 1. The highest BCUT2D eigenvalue weighted by Crippen LogP contribution is 2.30. The average Bonchev–Trinajstić information content (AvgIpc) is 2.93. The molecule has 0 spiro atoms. The zero-order valence-electron chi connectivity index (χ0n) is 15.1. The van der Waals surface area contributed by atoms with Crippen LogP contribution in [0.2, 0.25) is 0 Å². The van der Waals surface area contributed by atoms with Crippen molar-refractivity contribution >= 4 is 33.9 Å². The fraction of sp³-hybridized carbons (Fsp3) is 0.238. The number of nitrogens with zero attached hydrogens (tertiary/aromatic N) is 1. The summed E-state index contributed by atoms with van der Waals surface area (Å²) in [5.41, 5.74) is 6.43. The molecule has 0 aliphatic heterocycles. The number of hydrogen-bond acceptors (Lipinski definition) is 3. The Labute approximate surface area is 147 Å². The summed E-state index contributed by atoms with van der Waals surface area (Å²) in [6, 6.07) is 6.25. The number of aryl methyl sites for hydroxylation is 1. The van der Waals surface area contributed by atoms with E-state index in [0.717, 1.165) is 44.1 Å². The SMILES string of the molecule is C=C(C)/C(C)=C/c1ccc2[nH]c3cnc(C(=O)OCC)c(C)c3c2c1. The van der Waals surface area contributed by atoms with Crippen LogP contribution >= 0.6 is 0 Å². The number of carbonyl (C=O) groups excluding carboxylic acids is 1. The first kappa shape index (κ1) is 17.0. The lowest BCUT2D eigenvalue weighted by Crippen LogP contribution is -2.09. The van der Waals surface area contributed by atoms with Crippen LogP contribution in [0.4, 0.5) is 0 Å². The number of aromatic nitrogens is 2. The predicted octanol–water partition coefficient (Wildman–Crippen LogP) is 5.18. The molecule has 3 aromatic rings. The molecule has 4 heteroatoms. The van der Waals surface area contributed by atoms with Crippen LogP contribution < -0.4 is 0 Å². The van der Waals surface area contributed by atoms with Gasteiger partial charge in [-0.1, -0.05) is 24.3 Å². The fourth-order valence-electron chi connectivity index (χ4n) is 2.94. The molecule has 0 unspecified atom stereocenters. The third-order valence-corrected chi connectivity index (χ3v) is 4.43. The molecule has 1 N–H and O–H groups in total. The second-order valence-electron chi connectivity index (χ2n) is 6.28. The number of ether oxygens (including phenoxy) is 1. The zero-order chi connectivity index (χ0) is 18.1. The zero-order valence-corrected chi connectivity index (χ0v) is 15.1. The highest BCUT2D eigenvalue weighted by molar-refractivity contribution is 6.11. The number of rotatable bonds is 4. The number of carbonyl (C=O) groups is 1. The van der Waals surface area contributed by atoms with E-state index < -0.39 is 0 Å². The Morgan fingerprint density at radius 2 is 2.08 bits per heavy atom. The molecule has 3 rings (SSSR count). The number of aromatic amines is 1. The van der Waals surface area contributed by atoms with E-state index >= 15 is 0 Å². The van der Waals surface area contributed by atoms with E-state index in [2.05, 4.69) is 47.7 Å². The molecular formula is C21H22N2O2. The van der Waals surface area contributed by atoms with Gasteiger partial charge in [0.25, 0.3) is 0 Å². The van der Waals surface area contributed by atoms with Gasteiger partial charge >= 0.3 is 5.97 Å². The summed E-state index contributed by atoms with van der Waals surface area (Å²) in [6.45, 7) is 12.1. The smallest absolute Gasteiger partial charge is 0.357 e. The van der Waals surface area contributed by atoms with E-state index in [-0.39, 0.29) is 5.97 Å². The molecule has 0 bridgehead atoms. The topological polar surface area (TPSA) is 55.0 Å². The maximum absolute atomic E-state index is 12.1. The van der Waals surface area contributed by atoms with Crippen molar-refractivity contribution in [1.29, 1.82) is 0 Å². The standard InChI is InChI=1S/C21H22N2O2/c1-6-25-21(24)20-14(5)19-16-10-15(9-13(4)12(2)3)7-8-17(16)23-18(19)11-22-20/h7-11,23H,2,6H2,1,3-5H3/b13-9+. The minimum atomic E-state index is -0.384. The molecule has 4 nitrogen and oxygen atoms in total. The predicted molar refractivity (Wildman–Crippen MR) is 103 cm³/mol. The summed E-state index contributed by atoms with van der Waals surface area (Å²) in [5.74, 6) is -0.384. The summed E-state index contributed by atoms with van der Waals surface area (Å²) in [5, 5.41) is 2.08. The molecule has 0 radical (unpaired) electrons. The van der Waals surface area contributed by atoms with Crippen molar-refractivity contribution < 1.29 is 9.53 Å². The van der Waals surface area contributed by atoms with Crippen molar-refractivity contribution in [1.82, 2.24) is 9.97 Å². The molecule has 2 heterocycles. The first-order valence-electron chi connectivity index (χ1n) is 8.34. The van der Waals surface area contributed by atoms with Crippen LogP contribution in [0.1, 0.15) is 42.4 Å². The van der Waals surface area contributed by atoms with Crippen LogP contribution in [0.25, 0.3) is 27.9 Å².